The van der Waals surface area contributed by atoms with Crippen molar-refractivity contribution in [2.75, 3.05) is 13.2 Å². The van der Waals surface area contributed by atoms with Crippen LogP contribution in [0.5, 0.6) is 0 Å². The molecule has 0 bridgehead atoms. The molecule has 0 N–H and O–H groups in total. The molecule has 88 valence electrons. The lowest BCUT2D eigenvalue weighted by Gasteiger charge is -2.16. The molecule has 0 saturated heterocycles. The Hall–Kier alpha value is -0.380. The fourth-order valence-corrected chi connectivity index (χ4v) is 3.50. The summed E-state index contributed by atoms with van der Waals surface area (Å²) < 4.78 is 23.3. The number of nitrogens with zero attached hydrogens (tertiary/aromatic N) is 1. The minimum Gasteiger partial charge on any atom is -0.623 e. The lowest BCUT2D eigenvalue weighted by atomic mass is 10.2. The molecule has 0 saturated carbocycles. The molecule has 6 heteroatoms. The van der Waals surface area contributed by atoms with E-state index >= 15 is 0 Å². The number of hydrogen-bond acceptors (Lipinski definition) is 4. The van der Waals surface area contributed by atoms with Crippen molar-refractivity contribution in [2.24, 2.45) is 0 Å². The van der Waals surface area contributed by atoms with E-state index in [0.29, 0.717) is 12.8 Å². The molecule has 1 aliphatic rings. The van der Waals surface area contributed by atoms with Crippen LogP contribution in [0.2, 0.25) is 0 Å². The molecule has 0 aliphatic carbocycles. The zero-order valence-electron chi connectivity index (χ0n) is 9.43. The summed E-state index contributed by atoms with van der Waals surface area (Å²) in [5.41, 5.74) is 0.277. The summed E-state index contributed by atoms with van der Waals surface area (Å²) in [5, 5.41) is 11.6. The van der Waals surface area contributed by atoms with Crippen LogP contribution in [0.1, 0.15) is 33.6 Å². The van der Waals surface area contributed by atoms with Gasteiger partial charge in [-0.1, -0.05) is 0 Å². The highest BCUT2D eigenvalue weighted by atomic mass is 31.2. The van der Waals surface area contributed by atoms with Gasteiger partial charge in [-0.2, -0.15) is 4.74 Å². The van der Waals surface area contributed by atoms with E-state index in [2.05, 4.69) is 0 Å². The average molecular weight is 235 g/mol. The lowest BCUT2D eigenvalue weighted by Crippen LogP contribution is -2.17. The fraction of sp³-hybridized carbons (Fsp3) is 0.889. The minimum absolute atomic E-state index is 0.130. The van der Waals surface area contributed by atoms with Crippen molar-refractivity contribution in [3.05, 3.63) is 5.21 Å². The Kier molecular flexibility index (Phi) is 4.32. The fourth-order valence-electron chi connectivity index (χ4n) is 1.60. The van der Waals surface area contributed by atoms with Crippen LogP contribution in [0, 0.1) is 5.21 Å². The van der Waals surface area contributed by atoms with Gasteiger partial charge >= 0.3 is 7.60 Å². The maximum atomic E-state index is 12.2. The van der Waals surface area contributed by atoms with Crippen LogP contribution < -0.4 is 0 Å². The molecule has 5 nitrogen and oxygen atoms in total. The van der Waals surface area contributed by atoms with Gasteiger partial charge in [0.25, 0.3) is 5.45 Å². The molecule has 1 heterocycles. The highest BCUT2D eigenvalue weighted by Crippen LogP contribution is 2.52. The number of rotatable bonds is 5. The average Bonchev–Trinajstić information content (AvgIpc) is 2.49. The summed E-state index contributed by atoms with van der Waals surface area (Å²) in [6.07, 6.45) is 1.21. The molecule has 1 aliphatic heterocycles. The molecule has 0 aromatic rings. The Labute approximate surface area is 90.2 Å². The molecule has 0 amide bonds. The molecule has 1 rings (SSSR count). The second-order valence-corrected chi connectivity index (χ2v) is 5.49. The van der Waals surface area contributed by atoms with Gasteiger partial charge < -0.3 is 14.3 Å². The molecule has 0 aromatic carbocycles. The molecule has 1 unspecified atom stereocenters. The first kappa shape index (κ1) is 12.7. The van der Waals surface area contributed by atoms with Crippen molar-refractivity contribution in [1.29, 1.82) is 0 Å². The number of hydroxylamine groups is 1. The molecule has 0 aromatic heterocycles. The smallest absolute Gasteiger partial charge is 0.420 e. The van der Waals surface area contributed by atoms with Gasteiger partial charge in [-0.3, -0.25) is 0 Å². The van der Waals surface area contributed by atoms with E-state index < -0.39 is 7.60 Å². The molecule has 0 fully saturated rings. The SMILES string of the molecule is CCOP(=O)(OCC)C1=[N+]([O-])C(C)CC1. The molecule has 15 heavy (non-hydrogen) atoms. The minimum atomic E-state index is -3.33. The predicted octanol–water partition coefficient (Wildman–Crippen LogP) is 2.34. The van der Waals surface area contributed by atoms with Gasteiger partial charge in [0.1, 0.15) is 0 Å². The van der Waals surface area contributed by atoms with Crippen LogP contribution in [0.3, 0.4) is 0 Å². The monoisotopic (exact) mass is 235 g/mol. The molecular formula is C9H18NO4P. The van der Waals surface area contributed by atoms with Crippen LogP contribution in [0.4, 0.5) is 0 Å². The predicted molar refractivity (Wildman–Crippen MR) is 58.2 cm³/mol. The Morgan fingerprint density at radius 1 is 1.47 bits per heavy atom. The second-order valence-electron chi connectivity index (χ2n) is 3.46. The van der Waals surface area contributed by atoms with E-state index in [1.54, 1.807) is 13.8 Å². The van der Waals surface area contributed by atoms with Crippen LogP contribution in [-0.2, 0) is 13.6 Å². The van der Waals surface area contributed by atoms with Crippen LogP contribution in [0.15, 0.2) is 0 Å². The van der Waals surface area contributed by atoms with Crippen molar-refractivity contribution in [2.45, 2.75) is 39.7 Å². The first-order valence-electron chi connectivity index (χ1n) is 5.27. The largest absolute Gasteiger partial charge is 0.623 e. The lowest BCUT2D eigenvalue weighted by molar-refractivity contribution is -0.485. The highest BCUT2D eigenvalue weighted by molar-refractivity contribution is 7.71. The van der Waals surface area contributed by atoms with Crippen molar-refractivity contribution in [1.82, 2.24) is 0 Å². The molecule has 0 spiro atoms. The van der Waals surface area contributed by atoms with Gasteiger partial charge in [0.05, 0.1) is 13.2 Å². The summed E-state index contributed by atoms with van der Waals surface area (Å²) in [7, 11) is -3.33. The van der Waals surface area contributed by atoms with Gasteiger partial charge in [-0.25, -0.2) is 4.57 Å². The van der Waals surface area contributed by atoms with E-state index in [-0.39, 0.29) is 24.7 Å². The van der Waals surface area contributed by atoms with Gasteiger partial charge in [-0.05, 0) is 20.8 Å². The Morgan fingerprint density at radius 2 is 2.00 bits per heavy atom. The molecular weight excluding hydrogens is 217 g/mol. The maximum Gasteiger partial charge on any atom is 0.420 e. The summed E-state index contributed by atoms with van der Waals surface area (Å²) in [4.78, 5) is 0. The highest BCUT2D eigenvalue weighted by Gasteiger charge is 2.42. The van der Waals surface area contributed by atoms with Crippen LogP contribution in [0.25, 0.3) is 0 Å². The van der Waals surface area contributed by atoms with E-state index in [1.165, 1.54) is 0 Å². The van der Waals surface area contributed by atoms with Crippen molar-refractivity contribution in [3.63, 3.8) is 0 Å². The van der Waals surface area contributed by atoms with E-state index in [4.69, 9.17) is 9.05 Å². The number of hydrogen-bond donors (Lipinski definition) is 0. The zero-order chi connectivity index (χ0) is 11.5. The quantitative estimate of drug-likeness (QED) is 0.417. The summed E-state index contributed by atoms with van der Waals surface area (Å²) in [5.74, 6) is 0. The van der Waals surface area contributed by atoms with Crippen LogP contribution in [-0.4, -0.2) is 29.4 Å². The molecule has 0 radical (unpaired) electrons. The third-order valence-electron chi connectivity index (χ3n) is 2.35. The van der Waals surface area contributed by atoms with E-state index in [9.17, 15) is 9.77 Å². The third kappa shape index (κ3) is 2.60. The van der Waals surface area contributed by atoms with E-state index in [1.807, 2.05) is 6.92 Å². The summed E-state index contributed by atoms with van der Waals surface area (Å²) in [6.45, 7) is 5.84. The van der Waals surface area contributed by atoms with Crippen LogP contribution >= 0.6 is 7.60 Å². The summed E-state index contributed by atoms with van der Waals surface area (Å²) >= 11 is 0. The Bertz CT molecular complexity index is 292. The standard InChI is InChI=1S/C9H18NO4P/c1-4-13-15(12,14-5-2)9-7-6-8(3)10(9)11/h8H,4-7H2,1-3H3. The Balaban J connectivity index is 2.95. The van der Waals surface area contributed by atoms with Gasteiger partial charge in [0, 0.05) is 12.8 Å². The molecule has 1 atom stereocenters. The first-order chi connectivity index (χ1) is 7.05. The normalized spacial score (nSPS) is 22.5. The summed E-state index contributed by atoms with van der Waals surface area (Å²) in [6, 6.07) is -0.130. The third-order valence-corrected chi connectivity index (χ3v) is 4.60. The van der Waals surface area contributed by atoms with Crippen molar-refractivity contribution < 1.29 is 18.4 Å². The van der Waals surface area contributed by atoms with Crippen molar-refractivity contribution >= 4 is 13.0 Å². The van der Waals surface area contributed by atoms with Gasteiger partial charge in [-0.15, -0.1) is 0 Å². The Morgan fingerprint density at radius 3 is 2.33 bits per heavy atom. The first-order valence-corrected chi connectivity index (χ1v) is 6.81. The van der Waals surface area contributed by atoms with Crippen molar-refractivity contribution in [3.8, 4) is 0 Å². The topological polar surface area (TPSA) is 61.6 Å². The van der Waals surface area contributed by atoms with E-state index in [0.717, 1.165) is 4.74 Å². The second kappa shape index (κ2) is 5.10. The van der Waals surface area contributed by atoms with Gasteiger partial charge in [0.2, 0.25) is 0 Å². The zero-order valence-corrected chi connectivity index (χ0v) is 10.3. The maximum absolute atomic E-state index is 12.2. The van der Waals surface area contributed by atoms with Gasteiger partial charge in [0.15, 0.2) is 6.04 Å².